The number of carbonyl (C=O) groups is 2. The Labute approximate surface area is 158 Å². The second kappa shape index (κ2) is 8.75. The highest BCUT2D eigenvalue weighted by molar-refractivity contribution is 7.80. The van der Waals surface area contributed by atoms with Crippen LogP contribution in [0.3, 0.4) is 0 Å². The quantitative estimate of drug-likeness (QED) is 0.446. The molecule has 1 aliphatic rings. The van der Waals surface area contributed by atoms with E-state index in [2.05, 4.69) is 10.3 Å². The van der Waals surface area contributed by atoms with Crippen molar-refractivity contribution >= 4 is 35.4 Å². The first kappa shape index (κ1) is 19.8. The molecule has 2 amide bonds. The zero-order chi connectivity index (χ0) is 19.3. The lowest BCUT2D eigenvalue weighted by atomic mass is 10.0. The third-order valence-corrected chi connectivity index (χ3v) is 4.50. The lowest BCUT2D eigenvalue weighted by Crippen LogP contribution is -2.60. The molecule has 1 aliphatic heterocycles. The van der Waals surface area contributed by atoms with Gasteiger partial charge >= 0.3 is 0 Å². The van der Waals surface area contributed by atoms with E-state index in [1.807, 2.05) is 26.0 Å². The molecule has 2 rings (SSSR count). The van der Waals surface area contributed by atoms with Crippen LogP contribution in [0.1, 0.15) is 25.8 Å². The second-order valence-electron chi connectivity index (χ2n) is 5.95. The minimum absolute atomic E-state index is 0.0888. The van der Waals surface area contributed by atoms with Gasteiger partial charge < -0.3 is 14.8 Å². The third kappa shape index (κ3) is 4.37. The van der Waals surface area contributed by atoms with Gasteiger partial charge in [-0.05, 0) is 43.3 Å². The second-order valence-corrected chi connectivity index (χ2v) is 6.33. The molecule has 140 valence electrons. The van der Waals surface area contributed by atoms with Gasteiger partial charge in [0.15, 0.2) is 11.0 Å². The minimum Gasteiger partial charge on any atom is -0.497 e. The summed E-state index contributed by atoms with van der Waals surface area (Å²) < 4.78 is 10.4. The van der Waals surface area contributed by atoms with Crippen LogP contribution in [-0.4, -0.2) is 48.3 Å². The summed E-state index contributed by atoms with van der Waals surface area (Å²) in [7, 11) is 3.14. The van der Waals surface area contributed by atoms with Crippen molar-refractivity contribution in [2.24, 2.45) is 10.9 Å². The Bertz CT molecular complexity index is 713. The van der Waals surface area contributed by atoms with Gasteiger partial charge in [0, 0.05) is 18.3 Å². The Morgan fingerprint density at radius 1 is 1.27 bits per heavy atom. The summed E-state index contributed by atoms with van der Waals surface area (Å²) in [6.45, 7) is 4.13. The first-order chi connectivity index (χ1) is 12.4. The largest absolute Gasteiger partial charge is 0.497 e. The van der Waals surface area contributed by atoms with Crippen LogP contribution in [0.2, 0.25) is 0 Å². The van der Waals surface area contributed by atoms with Gasteiger partial charge in [0.05, 0.1) is 20.8 Å². The number of carbonyl (C=O) groups excluding carboxylic acids is 2. The highest BCUT2D eigenvalue weighted by atomic mass is 32.1. The molecular formula is C18H23N3O4S. The summed E-state index contributed by atoms with van der Waals surface area (Å²) in [5, 5.41) is 2.73. The number of ether oxygens (including phenoxy) is 2. The van der Waals surface area contributed by atoms with Gasteiger partial charge in [-0.3, -0.25) is 19.5 Å². The molecule has 1 N–H and O–H groups in total. The number of nitrogens with one attached hydrogen (secondary N) is 1. The Morgan fingerprint density at radius 3 is 2.42 bits per heavy atom. The molecule has 0 bridgehead atoms. The molecule has 1 fully saturated rings. The predicted octanol–water partition coefficient (Wildman–Crippen LogP) is 1.93. The molecule has 0 saturated carbocycles. The molecule has 8 heteroatoms. The fourth-order valence-corrected chi connectivity index (χ4v) is 2.93. The number of amides is 2. The Kier molecular flexibility index (Phi) is 6.68. The summed E-state index contributed by atoms with van der Waals surface area (Å²) in [6, 6.07) is 5.32. The molecule has 7 nitrogen and oxygen atoms in total. The van der Waals surface area contributed by atoms with Gasteiger partial charge in [0.25, 0.3) is 0 Å². The van der Waals surface area contributed by atoms with Crippen LogP contribution in [-0.2, 0) is 16.1 Å². The van der Waals surface area contributed by atoms with Gasteiger partial charge in [-0.25, -0.2) is 0 Å². The van der Waals surface area contributed by atoms with Crippen molar-refractivity contribution < 1.29 is 19.1 Å². The minimum atomic E-state index is -0.983. The van der Waals surface area contributed by atoms with E-state index in [4.69, 9.17) is 21.7 Å². The molecule has 0 unspecified atom stereocenters. The van der Waals surface area contributed by atoms with Crippen LogP contribution >= 0.6 is 12.2 Å². The average molecular weight is 377 g/mol. The third-order valence-electron chi connectivity index (χ3n) is 4.21. The van der Waals surface area contributed by atoms with Gasteiger partial charge in [-0.2, -0.15) is 0 Å². The molecule has 0 radical (unpaired) electrons. The monoisotopic (exact) mass is 377 g/mol. The fraction of sp³-hybridized carbons (Fsp3) is 0.444. The number of hydrogen-bond donors (Lipinski definition) is 1. The van der Waals surface area contributed by atoms with Gasteiger partial charge in [-0.1, -0.05) is 6.92 Å². The van der Waals surface area contributed by atoms with Crippen LogP contribution < -0.4 is 14.8 Å². The molecule has 1 aromatic rings. The zero-order valence-electron chi connectivity index (χ0n) is 15.3. The molecule has 0 aromatic heterocycles. The summed E-state index contributed by atoms with van der Waals surface area (Å²) in [4.78, 5) is 30.5. The maximum absolute atomic E-state index is 12.6. The maximum Gasteiger partial charge on any atom is 0.247 e. The van der Waals surface area contributed by atoms with E-state index in [1.54, 1.807) is 20.3 Å². The van der Waals surface area contributed by atoms with E-state index < -0.39 is 11.8 Å². The van der Waals surface area contributed by atoms with Crippen LogP contribution in [0.5, 0.6) is 11.5 Å². The van der Waals surface area contributed by atoms with E-state index in [0.29, 0.717) is 18.0 Å². The van der Waals surface area contributed by atoms with Crippen molar-refractivity contribution in [2.75, 3.05) is 14.2 Å². The van der Waals surface area contributed by atoms with Crippen molar-refractivity contribution in [3.8, 4) is 11.5 Å². The van der Waals surface area contributed by atoms with Crippen LogP contribution in [0.4, 0.5) is 0 Å². The number of hydrogen-bond acceptors (Lipinski definition) is 6. The predicted molar refractivity (Wildman–Crippen MR) is 103 cm³/mol. The molecule has 2 atom stereocenters. The number of rotatable bonds is 7. The normalized spacial score (nSPS) is 18.8. The van der Waals surface area contributed by atoms with Gasteiger partial charge in [0.2, 0.25) is 11.8 Å². The Balaban J connectivity index is 2.15. The van der Waals surface area contributed by atoms with E-state index >= 15 is 0 Å². The standard InChI is InChI=1S/C18H23N3O4S/c1-5-11(2)21-17(23)15(16(22)20-18(21)26)10-19-9-12-6-13(24-3)8-14(7-12)25-4/h6-8,10-11,15H,5,9H2,1-4H3,(H,20,22,26)/t11-,15+/m1/s1. The number of methoxy groups -OCH3 is 2. The molecule has 0 aliphatic carbocycles. The van der Waals surface area contributed by atoms with Gasteiger partial charge in [-0.15, -0.1) is 0 Å². The number of thiocarbonyl (C=S) groups is 1. The average Bonchev–Trinajstić information content (AvgIpc) is 2.63. The Hall–Kier alpha value is -2.48. The molecule has 0 spiro atoms. The molecule has 1 aromatic carbocycles. The number of nitrogens with zero attached hydrogens (tertiary/aromatic N) is 2. The zero-order valence-corrected chi connectivity index (χ0v) is 16.1. The van der Waals surface area contributed by atoms with Crippen molar-refractivity contribution in [3.63, 3.8) is 0 Å². The van der Waals surface area contributed by atoms with E-state index in [1.165, 1.54) is 11.1 Å². The smallest absolute Gasteiger partial charge is 0.247 e. The SMILES string of the molecule is CC[C@@H](C)N1C(=O)[C@@H](C=NCc2cc(OC)cc(OC)c2)C(=O)NC1=S. The van der Waals surface area contributed by atoms with Crippen molar-refractivity contribution in [1.29, 1.82) is 0 Å². The summed E-state index contributed by atoms with van der Waals surface area (Å²) in [5.74, 6) is -0.488. The van der Waals surface area contributed by atoms with Crippen LogP contribution in [0, 0.1) is 5.92 Å². The highest BCUT2D eigenvalue weighted by Gasteiger charge is 2.39. The summed E-state index contributed by atoms with van der Waals surface area (Å²) in [6.07, 6.45) is 2.11. The Morgan fingerprint density at radius 2 is 1.88 bits per heavy atom. The molecular weight excluding hydrogens is 354 g/mol. The fourth-order valence-electron chi connectivity index (χ4n) is 2.56. The van der Waals surface area contributed by atoms with Gasteiger partial charge in [0.1, 0.15) is 11.5 Å². The van der Waals surface area contributed by atoms with Crippen LogP contribution in [0.25, 0.3) is 0 Å². The van der Waals surface area contributed by atoms with Crippen molar-refractivity contribution in [3.05, 3.63) is 23.8 Å². The molecule has 26 heavy (non-hydrogen) atoms. The van der Waals surface area contributed by atoms with E-state index in [-0.39, 0.29) is 17.1 Å². The van der Waals surface area contributed by atoms with Crippen molar-refractivity contribution in [2.45, 2.75) is 32.9 Å². The molecule has 1 heterocycles. The van der Waals surface area contributed by atoms with Crippen molar-refractivity contribution in [1.82, 2.24) is 10.2 Å². The topological polar surface area (TPSA) is 80.2 Å². The highest BCUT2D eigenvalue weighted by Crippen LogP contribution is 2.23. The van der Waals surface area contributed by atoms with E-state index in [9.17, 15) is 9.59 Å². The number of aliphatic imine (C=N–C) groups is 1. The first-order valence-electron chi connectivity index (χ1n) is 8.31. The van der Waals surface area contributed by atoms with Crippen LogP contribution in [0.15, 0.2) is 23.2 Å². The maximum atomic E-state index is 12.6. The number of benzene rings is 1. The lowest BCUT2D eigenvalue weighted by Gasteiger charge is -2.34. The summed E-state index contributed by atoms with van der Waals surface area (Å²) in [5.41, 5.74) is 0.843. The summed E-state index contributed by atoms with van der Waals surface area (Å²) >= 11 is 5.12. The lowest BCUT2D eigenvalue weighted by molar-refractivity contribution is -0.139. The first-order valence-corrected chi connectivity index (χ1v) is 8.71. The molecule has 1 saturated heterocycles. The van der Waals surface area contributed by atoms with E-state index in [0.717, 1.165) is 12.0 Å².